The fraction of sp³-hybridized carbons (Fsp3) is 0.667. The number of piperidine rings is 1. The summed E-state index contributed by atoms with van der Waals surface area (Å²) >= 11 is 0. The average Bonchev–Trinajstić information content (AvgIpc) is 3.01. The number of nitrogens with zero attached hydrogens (tertiary/aromatic N) is 2. The summed E-state index contributed by atoms with van der Waals surface area (Å²) in [5.41, 5.74) is 0.119. The van der Waals surface area contributed by atoms with E-state index in [4.69, 9.17) is 0 Å². The van der Waals surface area contributed by atoms with Gasteiger partial charge in [-0.1, -0.05) is 27.2 Å². The van der Waals surface area contributed by atoms with Crippen molar-refractivity contribution in [1.29, 1.82) is 0 Å². The highest BCUT2D eigenvalue weighted by molar-refractivity contribution is 7.89. The highest BCUT2D eigenvalue weighted by Crippen LogP contribution is 2.24. The van der Waals surface area contributed by atoms with Gasteiger partial charge in [-0.2, -0.15) is 4.31 Å². The molecule has 27 heavy (non-hydrogen) atoms. The smallest absolute Gasteiger partial charge is 0.326 e. The van der Waals surface area contributed by atoms with Crippen molar-refractivity contribution in [3.8, 4) is 0 Å². The van der Waals surface area contributed by atoms with E-state index in [1.165, 1.54) is 21.1 Å². The minimum absolute atomic E-state index is 0.0552. The number of nitrogens with one attached hydrogen (secondary N) is 1. The molecule has 152 valence electrons. The van der Waals surface area contributed by atoms with E-state index in [2.05, 4.69) is 5.32 Å². The van der Waals surface area contributed by atoms with Crippen LogP contribution in [0.1, 0.15) is 50.5 Å². The Hall–Kier alpha value is -1.87. The van der Waals surface area contributed by atoms with E-state index < -0.39 is 27.9 Å². The van der Waals surface area contributed by atoms with Crippen LogP contribution in [-0.4, -0.2) is 53.4 Å². The van der Waals surface area contributed by atoms with E-state index in [1.807, 2.05) is 13.8 Å². The summed E-state index contributed by atoms with van der Waals surface area (Å²) in [7, 11) is -2.10. The van der Waals surface area contributed by atoms with Crippen molar-refractivity contribution in [1.82, 2.24) is 14.2 Å². The zero-order valence-corrected chi connectivity index (χ0v) is 17.1. The summed E-state index contributed by atoms with van der Waals surface area (Å²) in [4.78, 5) is 24.1. The average molecular weight is 400 g/mol. The Morgan fingerprint density at radius 1 is 1.41 bits per heavy atom. The lowest BCUT2D eigenvalue weighted by Crippen LogP contribution is -2.45. The summed E-state index contributed by atoms with van der Waals surface area (Å²) in [6, 6.07) is 0.292. The van der Waals surface area contributed by atoms with Crippen molar-refractivity contribution in [2.45, 2.75) is 51.0 Å². The molecule has 1 aliphatic heterocycles. The van der Waals surface area contributed by atoms with Gasteiger partial charge in [0.25, 0.3) is 5.91 Å². The van der Waals surface area contributed by atoms with Crippen molar-refractivity contribution in [3.05, 3.63) is 18.0 Å². The molecule has 0 aromatic carbocycles. The first kappa shape index (κ1) is 21.4. The Bertz CT molecular complexity index is 802. The zero-order valence-electron chi connectivity index (χ0n) is 16.3. The fourth-order valence-corrected chi connectivity index (χ4v) is 4.98. The zero-order chi connectivity index (χ0) is 20.4. The molecule has 0 radical (unpaired) electrons. The maximum Gasteiger partial charge on any atom is 0.326 e. The molecule has 3 atom stereocenters. The number of amides is 1. The lowest BCUT2D eigenvalue weighted by Gasteiger charge is -2.29. The van der Waals surface area contributed by atoms with Gasteiger partial charge < -0.3 is 15.0 Å². The molecule has 1 fully saturated rings. The molecule has 2 N–H and O–H groups in total. The second kappa shape index (κ2) is 8.43. The van der Waals surface area contributed by atoms with Gasteiger partial charge in [0, 0.05) is 26.3 Å². The molecule has 0 bridgehead atoms. The second-order valence-corrected chi connectivity index (χ2v) is 9.40. The molecule has 1 aliphatic rings. The maximum absolute atomic E-state index is 12.9. The number of rotatable bonds is 7. The number of carbonyl (C=O) groups excluding carboxylic acids is 1. The van der Waals surface area contributed by atoms with Crippen LogP contribution in [0.5, 0.6) is 0 Å². The Morgan fingerprint density at radius 2 is 2.07 bits per heavy atom. The summed E-state index contributed by atoms with van der Waals surface area (Å²) < 4.78 is 28.7. The minimum atomic E-state index is -3.68. The van der Waals surface area contributed by atoms with Crippen LogP contribution in [-0.2, 0) is 21.9 Å². The van der Waals surface area contributed by atoms with Crippen molar-refractivity contribution < 1.29 is 23.1 Å². The minimum Gasteiger partial charge on any atom is -0.480 e. The molecule has 1 aromatic heterocycles. The van der Waals surface area contributed by atoms with Crippen LogP contribution >= 0.6 is 0 Å². The molecule has 0 aliphatic carbocycles. The molecule has 1 amide bonds. The predicted molar refractivity (Wildman–Crippen MR) is 101 cm³/mol. The van der Waals surface area contributed by atoms with Gasteiger partial charge in [0.05, 0.1) is 0 Å². The number of aryl methyl sites for hydroxylation is 1. The van der Waals surface area contributed by atoms with Crippen LogP contribution in [0.2, 0.25) is 0 Å². The normalized spacial score (nSPS) is 20.8. The first-order chi connectivity index (χ1) is 12.6. The number of sulfonamides is 1. The number of carbonyl (C=O) groups is 2. The second-order valence-electron chi connectivity index (χ2n) is 7.46. The molecule has 0 spiro atoms. The first-order valence-electron chi connectivity index (χ1n) is 9.28. The predicted octanol–water partition coefficient (Wildman–Crippen LogP) is 1.67. The standard InChI is InChI=1S/C18H29N3O5S/c1-5-13(3)16(18(23)24)19-17(22)15-9-14(11-20(15)4)27(25,26)21-8-6-7-12(2)10-21/h9,11-13,16H,5-8,10H2,1-4H3,(H,19,22)(H,23,24)/t12?,13-,16-/m0/s1. The van der Waals surface area contributed by atoms with E-state index in [1.54, 1.807) is 14.0 Å². The molecule has 8 nitrogen and oxygen atoms in total. The van der Waals surface area contributed by atoms with Crippen LogP contribution in [0.25, 0.3) is 0 Å². The Morgan fingerprint density at radius 3 is 2.63 bits per heavy atom. The molecule has 0 saturated carbocycles. The van der Waals surface area contributed by atoms with Crippen molar-refractivity contribution in [2.75, 3.05) is 13.1 Å². The van der Waals surface area contributed by atoms with Gasteiger partial charge in [-0.15, -0.1) is 0 Å². The molecule has 2 rings (SSSR count). The third kappa shape index (κ3) is 4.70. The van der Waals surface area contributed by atoms with Crippen molar-refractivity contribution in [2.24, 2.45) is 18.9 Å². The van der Waals surface area contributed by atoms with Gasteiger partial charge in [0.2, 0.25) is 10.0 Å². The molecule has 1 saturated heterocycles. The van der Waals surface area contributed by atoms with Gasteiger partial charge in [-0.25, -0.2) is 13.2 Å². The van der Waals surface area contributed by atoms with E-state index >= 15 is 0 Å². The maximum atomic E-state index is 12.9. The van der Waals surface area contributed by atoms with Crippen LogP contribution in [0, 0.1) is 11.8 Å². The van der Waals surface area contributed by atoms with E-state index in [9.17, 15) is 23.1 Å². The number of carboxylic acid groups (broad SMARTS) is 1. The van der Waals surface area contributed by atoms with Gasteiger partial charge in [-0.3, -0.25) is 4.79 Å². The topological polar surface area (TPSA) is 109 Å². The SMILES string of the molecule is CC[C@H](C)[C@H](NC(=O)c1cc(S(=O)(=O)N2CCCC(C)C2)cn1C)C(=O)O. The lowest BCUT2D eigenvalue weighted by molar-refractivity contribution is -0.140. The highest BCUT2D eigenvalue weighted by Gasteiger charge is 2.32. The quantitative estimate of drug-likeness (QED) is 0.725. The summed E-state index contributed by atoms with van der Waals surface area (Å²) in [6.45, 7) is 6.55. The number of aromatic nitrogens is 1. The fourth-order valence-electron chi connectivity index (χ4n) is 3.31. The molecule has 9 heteroatoms. The largest absolute Gasteiger partial charge is 0.480 e. The van der Waals surface area contributed by atoms with Crippen LogP contribution in [0.4, 0.5) is 0 Å². The molecular weight excluding hydrogens is 370 g/mol. The van der Waals surface area contributed by atoms with Gasteiger partial charge in [0.1, 0.15) is 16.6 Å². The van der Waals surface area contributed by atoms with Crippen molar-refractivity contribution >= 4 is 21.9 Å². The Kier molecular flexibility index (Phi) is 6.69. The molecule has 1 unspecified atom stereocenters. The van der Waals surface area contributed by atoms with E-state index in [0.29, 0.717) is 25.4 Å². The third-order valence-corrected chi connectivity index (χ3v) is 7.07. The van der Waals surface area contributed by atoms with E-state index in [0.717, 1.165) is 12.8 Å². The molecule has 1 aromatic rings. The van der Waals surface area contributed by atoms with Crippen molar-refractivity contribution in [3.63, 3.8) is 0 Å². The number of hydrogen-bond acceptors (Lipinski definition) is 4. The summed E-state index contributed by atoms with van der Waals surface area (Å²) in [5, 5.41) is 11.9. The van der Waals surface area contributed by atoms with Crippen LogP contribution in [0.3, 0.4) is 0 Å². The summed E-state index contributed by atoms with van der Waals surface area (Å²) in [5.74, 6) is -1.66. The van der Waals surface area contributed by atoms with E-state index in [-0.39, 0.29) is 16.5 Å². The Labute approximate surface area is 160 Å². The Balaban J connectivity index is 2.24. The monoisotopic (exact) mass is 399 g/mol. The van der Waals surface area contributed by atoms with Gasteiger partial charge >= 0.3 is 5.97 Å². The first-order valence-corrected chi connectivity index (χ1v) is 10.7. The number of hydrogen-bond donors (Lipinski definition) is 2. The van der Waals surface area contributed by atoms with Crippen LogP contribution in [0.15, 0.2) is 17.2 Å². The summed E-state index contributed by atoms with van der Waals surface area (Å²) in [6.07, 6.45) is 3.82. The van der Waals surface area contributed by atoms with Crippen LogP contribution < -0.4 is 5.32 Å². The molecular formula is C18H29N3O5S. The van der Waals surface area contributed by atoms with Gasteiger partial charge in [-0.05, 0) is 30.7 Å². The molecule has 2 heterocycles. The van der Waals surface area contributed by atoms with Gasteiger partial charge in [0.15, 0.2) is 0 Å². The third-order valence-electron chi connectivity index (χ3n) is 5.24. The number of aliphatic carboxylic acids is 1. The highest BCUT2D eigenvalue weighted by atomic mass is 32.2. The number of carboxylic acids is 1. The lowest BCUT2D eigenvalue weighted by atomic mass is 9.99.